The molecule has 2 aliphatic heterocycles. The molecule has 1 unspecified atom stereocenters. The second-order valence-corrected chi connectivity index (χ2v) is 10.7. The molecule has 3 aliphatic rings. The number of amides is 1. The van der Waals surface area contributed by atoms with Crippen molar-refractivity contribution in [1.82, 2.24) is 9.97 Å². The number of fused-ring (bicyclic) bond motifs is 1. The summed E-state index contributed by atoms with van der Waals surface area (Å²) in [5.41, 5.74) is 1.51. The SMILES string of the molecule is C=N/C(=N\OCC1CC1)C1CCN(c2ncnc3c(-c4ccc(N5CC(O)CC5=O)c(F)c4)ccc(F)c23)CC1. The van der Waals surface area contributed by atoms with Crippen molar-refractivity contribution in [2.75, 3.05) is 36.0 Å². The first-order valence-electron chi connectivity index (χ1n) is 13.6. The molecule has 2 saturated heterocycles. The number of carbonyl (C=O) groups excluding carboxylic acids is 1. The number of nitrogens with zero attached hydrogens (tertiary/aromatic N) is 6. The Hall–Kier alpha value is -3.99. The smallest absolute Gasteiger partial charge is 0.229 e. The van der Waals surface area contributed by atoms with E-state index in [0.717, 1.165) is 12.8 Å². The van der Waals surface area contributed by atoms with Crippen molar-refractivity contribution < 1.29 is 23.5 Å². The van der Waals surface area contributed by atoms with Gasteiger partial charge in [-0.1, -0.05) is 11.2 Å². The lowest BCUT2D eigenvalue weighted by Gasteiger charge is -2.32. The van der Waals surface area contributed by atoms with Gasteiger partial charge in [0, 0.05) is 24.6 Å². The molecule has 1 atom stereocenters. The predicted molar refractivity (Wildman–Crippen MR) is 148 cm³/mol. The molecular formula is C29H30F2N6O3. The van der Waals surface area contributed by atoms with Gasteiger partial charge >= 0.3 is 0 Å². The number of aliphatic hydroxyl groups is 1. The number of benzene rings is 2. The maximum absolute atomic E-state index is 15.3. The van der Waals surface area contributed by atoms with Crippen LogP contribution in [0.2, 0.25) is 0 Å². The van der Waals surface area contributed by atoms with E-state index in [4.69, 9.17) is 4.84 Å². The number of aromatic nitrogens is 2. The minimum atomic E-state index is -0.819. The van der Waals surface area contributed by atoms with Crippen molar-refractivity contribution in [2.45, 2.75) is 38.2 Å². The molecule has 1 amide bonds. The van der Waals surface area contributed by atoms with E-state index in [1.165, 1.54) is 42.3 Å². The lowest BCUT2D eigenvalue weighted by atomic mass is 9.95. The number of amidine groups is 1. The summed E-state index contributed by atoms with van der Waals surface area (Å²) in [5.74, 6) is 0.354. The highest BCUT2D eigenvalue weighted by atomic mass is 19.1. The zero-order valence-electron chi connectivity index (χ0n) is 22.0. The van der Waals surface area contributed by atoms with Crippen LogP contribution in [0.4, 0.5) is 20.3 Å². The summed E-state index contributed by atoms with van der Waals surface area (Å²) < 4.78 is 30.5. The highest BCUT2D eigenvalue weighted by Crippen LogP contribution is 2.37. The van der Waals surface area contributed by atoms with E-state index in [-0.39, 0.29) is 35.9 Å². The Morgan fingerprint density at radius 1 is 1.10 bits per heavy atom. The molecule has 3 heterocycles. The van der Waals surface area contributed by atoms with Crippen LogP contribution in [0.3, 0.4) is 0 Å². The largest absolute Gasteiger partial charge is 0.394 e. The van der Waals surface area contributed by atoms with Crippen molar-refractivity contribution in [3.63, 3.8) is 0 Å². The number of aliphatic imine (C=N–C) groups is 1. The second kappa shape index (κ2) is 10.9. The van der Waals surface area contributed by atoms with Crippen LogP contribution < -0.4 is 9.80 Å². The monoisotopic (exact) mass is 548 g/mol. The Morgan fingerprint density at radius 2 is 1.90 bits per heavy atom. The van der Waals surface area contributed by atoms with Crippen LogP contribution in [-0.2, 0) is 9.63 Å². The number of oxime groups is 1. The molecule has 1 saturated carbocycles. The van der Waals surface area contributed by atoms with Crippen molar-refractivity contribution in [2.24, 2.45) is 22.0 Å². The fourth-order valence-electron chi connectivity index (χ4n) is 5.48. The number of piperidine rings is 1. The van der Waals surface area contributed by atoms with Gasteiger partial charge < -0.3 is 19.7 Å². The molecule has 1 N–H and O–H groups in total. The first-order valence-corrected chi connectivity index (χ1v) is 13.6. The average molecular weight is 549 g/mol. The molecule has 1 aliphatic carbocycles. The molecule has 3 fully saturated rings. The molecule has 40 heavy (non-hydrogen) atoms. The number of carbonyl (C=O) groups is 1. The number of hydrogen-bond donors (Lipinski definition) is 1. The van der Waals surface area contributed by atoms with Gasteiger partial charge in [0.2, 0.25) is 5.91 Å². The fraction of sp³-hybridized carbons (Fsp3) is 0.414. The molecule has 0 bridgehead atoms. The molecule has 208 valence electrons. The Balaban J connectivity index is 1.25. The zero-order chi connectivity index (χ0) is 27.8. The zero-order valence-corrected chi connectivity index (χ0v) is 22.0. The third kappa shape index (κ3) is 5.13. The van der Waals surface area contributed by atoms with Gasteiger partial charge in [0.15, 0.2) is 5.84 Å². The van der Waals surface area contributed by atoms with Crippen LogP contribution in [-0.4, -0.2) is 65.9 Å². The van der Waals surface area contributed by atoms with Gasteiger partial charge in [0.25, 0.3) is 0 Å². The quantitative estimate of drug-likeness (QED) is 0.268. The van der Waals surface area contributed by atoms with Gasteiger partial charge in [-0.2, -0.15) is 0 Å². The summed E-state index contributed by atoms with van der Waals surface area (Å²) in [7, 11) is 0. The summed E-state index contributed by atoms with van der Waals surface area (Å²) in [6, 6.07) is 7.39. The molecule has 11 heteroatoms. The summed E-state index contributed by atoms with van der Waals surface area (Å²) in [4.78, 5) is 33.8. The van der Waals surface area contributed by atoms with Gasteiger partial charge in [0.1, 0.15) is 30.4 Å². The molecule has 9 nitrogen and oxygen atoms in total. The second-order valence-electron chi connectivity index (χ2n) is 10.7. The molecule has 1 aromatic heterocycles. The summed E-state index contributed by atoms with van der Waals surface area (Å²) in [6.45, 7) is 5.53. The van der Waals surface area contributed by atoms with Gasteiger partial charge in [0.05, 0.1) is 35.7 Å². The summed E-state index contributed by atoms with van der Waals surface area (Å²) in [6.07, 6.45) is 4.36. The molecule has 0 spiro atoms. The topological polar surface area (TPSA) is 104 Å². The Bertz CT molecular complexity index is 1490. The van der Waals surface area contributed by atoms with E-state index in [1.54, 1.807) is 12.1 Å². The van der Waals surface area contributed by atoms with Gasteiger partial charge in [-0.15, -0.1) is 0 Å². The van der Waals surface area contributed by atoms with Gasteiger partial charge in [-0.05, 0) is 68.1 Å². The number of anilines is 2. The van der Waals surface area contributed by atoms with Crippen LogP contribution >= 0.6 is 0 Å². The Kier molecular flexibility index (Phi) is 7.14. The lowest BCUT2D eigenvalue weighted by molar-refractivity contribution is -0.117. The molecule has 3 aromatic rings. The number of hydrogen-bond acceptors (Lipinski definition) is 7. The van der Waals surface area contributed by atoms with Crippen LogP contribution in [0, 0.1) is 23.5 Å². The van der Waals surface area contributed by atoms with Crippen molar-refractivity contribution in [3.8, 4) is 11.1 Å². The van der Waals surface area contributed by atoms with E-state index in [1.807, 2.05) is 4.90 Å². The molecular weight excluding hydrogens is 518 g/mol. The van der Waals surface area contributed by atoms with E-state index in [2.05, 4.69) is 26.8 Å². The Labute approximate surface area is 230 Å². The van der Waals surface area contributed by atoms with Crippen LogP contribution in [0.25, 0.3) is 22.0 Å². The molecule has 2 aromatic carbocycles. The van der Waals surface area contributed by atoms with Crippen molar-refractivity contribution >= 4 is 40.9 Å². The number of aliphatic hydroxyl groups excluding tert-OH is 1. The summed E-state index contributed by atoms with van der Waals surface area (Å²) in [5, 5.41) is 14.3. The fourth-order valence-corrected chi connectivity index (χ4v) is 5.48. The van der Waals surface area contributed by atoms with E-state index < -0.39 is 17.7 Å². The predicted octanol–water partition coefficient (Wildman–Crippen LogP) is 4.33. The maximum Gasteiger partial charge on any atom is 0.229 e. The van der Waals surface area contributed by atoms with Crippen LogP contribution in [0.1, 0.15) is 32.1 Å². The Morgan fingerprint density at radius 3 is 2.58 bits per heavy atom. The minimum Gasteiger partial charge on any atom is -0.394 e. The number of rotatable bonds is 7. The molecule has 6 rings (SSSR count). The highest BCUT2D eigenvalue weighted by Gasteiger charge is 2.31. The minimum absolute atomic E-state index is 0.0346. The first kappa shape index (κ1) is 26.2. The van der Waals surface area contributed by atoms with Crippen molar-refractivity contribution in [1.29, 1.82) is 0 Å². The third-order valence-electron chi connectivity index (χ3n) is 7.86. The van der Waals surface area contributed by atoms with E-state index in [9.17, 15) is 9.90 Å². The van der Waals surface area contributed by atoms with Gasteiger partial charge in [-0.25, -0.2) is 23.7 Å². The average Bonchev–Trinajstić information content (AvgIpc) is 3.73. The normalized spacial score (nSPS) is 20.4. The molecule has 0 radical (unpaired) electrons. The number of β-amino-alcohol motifs (C(OH)–C–C–N with tert-alkyl or cyclic N) is 1. The summed E-state index contributed by atoms with van der Waals surface area (Å²) >= 11 is 0. The van der Waals surface area contributed by atoms with Crippen LogP contribution in [0.15, 0.2) is 46.8 Å². The van der Waals surface area contributed by atoms with E-state index in [0.29, 0.717) is 53.9 Å². The third-order valence-corrected chi connectivity index (χ3v) is 7.86. The standard InChI is InChI=1S/C29H30F2N6O3/c1-32-28(35-40-15-17-2-3-17)18-8-10-36(11-9-18)29-26-22(30)6-5-21(27(26)33-16-34-29)19-4-7-24(23(31)12-19)37-14-20(38)13-25(37)39/h4-7,12,16-18,20,38H,1-3,8-11,13-15H2/b35-28-. The van der Waals surface area contributed by atoms with E-state index >= 15 is 8.78 Å². The highest BCUT2D eigenvalue weighted by molar-refractivity contribution is 6.00. The maximum atomic E-state index is 15.3. The number of halogens is 2. The van der Waals surface area contributed by atoms with Crippen LogP contribution in [0.5, 0.6) is 0 Å². The lowest BCUT2D eigenvalue weighted by Crippen LogP contribution is -2.36. The van der Waals surface area contributed by atoms with Crippen molar-refractivity contribution in [3.05, 3.63) is 48.3 Å². The first-order chi connectivity index (χ1) is 19.4. The van der Waals surface area contributed by atoms with Gasteiger partial charge in [-0.3, -0.25) is 4.79 Å².